The van der Waals surface area contributed by atoms with E-state index in [4.69, 9.17) is 33.7 Å². The number of hydrogen-bond donors (Lipinski definition) is 1. The van der Waals surface area contributed by atoms with E-state index >= 15 is 0 Å². The third-order valence-electron chi connectivity index (χ3n) is 3.45. The number of halogens is 2. The minimum Gasteiger partial charge on any atom is -0.489 e. The first kappa shape index (κ1) is 17.3. The van der Waals surface area contributed by atoms with Crippen molar-refractivity contribution in [1.82, 2.24) is 9.66 Å². The lowest BCUT2D eigenvalue weighted by atomic mass is 10.2. The molecule has 2 N–H and O–H groups in total. The molecule has 3 rings (SSSR count). The summed E-state index contributed by atoms with van der Waals surface area (Å²) in [5.74, 6) is 0.887. The molecule has 0 saturated heterocycles. The summed E-state index contributed by atoms with van der Waals surface area (Å²) in [7, 11) is 0. The molecular formula is C18H16Cl2N4O. The number of nitrogen functional groups attached to an aromatic ring is 1. The van der Waals surface area contributed by atoms with E-state index in [-0.39, 0.29) is 0 Å². The molecule has 128 valence electrons. The minimum atomic E-state index is 0.295. The molecule has 0 aliphatic carbocycles. The van der Waals surface area contributed by atoms with Crippen LogP contribution < -0.4 is 10.5 Å². The van der Waals surface area contributed by atoms with Crippen LogP contribution in [-0.2, 0) is 6.61 Å². The molecule has 1 heterocycles. The van der Waals surface area contributed by atoms with Gasteiger partial charge in [-0.1, -0.05) is 53.5 Å². The Balaban J connectivity index is 1.77. The molecule has 0 aliphatic heterocycles. The number of nitrogens with two attached hydrogens (primary N) is 1. The first-order valence-electron chi connectivity index (χ1n) is 7.54. The lowest BCUT2D eigenvalue weighted by molar-refractivity contribution is 0.306. The van der Waals surface area contributed by atoms with Gasteiger partial charge in [0.25, 0.3) is 0 Å². The van der Waals surface area contributed by atoms with Crippen molar-refractivity contribution in [3.63, 3.8) is 0 Å². The van der Waals surface area contributed by atoms with Crippen LogP contribution in [0.4, 0.5) is 5.95 Å². The number of imidazole rings is 1. The second-order valence-corrected chi connectivity index (χ2v) is 6.22. The SMILES string of the molecule is Cc1cn(N=Cc2c(Cl)cc(OCc3ccccc3)cc2Cl)c(N)n1. The molecule has 3 aromatic rings. The summed E-state index contributed by atoms with van der Waals surface area (Å²) in [4.78, 5) is 4.08. The predicted octanol–water partition coefficient (Wildman–Crippen LogP) is 4.54. The van der Waals surface area contributed by atoms with Gasteiger partial charge in [-0.25, -0.2) is 9.66 Å². The van der Waals surface area contributed by atoms with Crippen LogP contribution >= 0.6 is 23.2 Å². The van der Waals surface area contributed by atoms with Gasteiger partial charge in [-0.3, -0.25) is 0 Å². The van der Waals surface area contributed by atoms with E-state index in [1.807, 2.05) is 37.3 Å². The van der Waals surface area contributed by atoms with Crippen molar-refractivity contribution >= 4 is 35.4 Å². The molecule has 0 radical (unpaired) electrons. The molecule has 0 bridgehead atoms. The van der Waals surface area contributed by atoms with E-state index in [1.54, 1.807) is 24.5 Å². The Hall–Kier alpha value is -2.50. The zero-order valence-electron chi connectivity index (χ0n) is 13.5. The molecule has 5 nitrogen and oxygen atoms in total. The van der Waals surface area contributed by atoms with Crippen LogP contribution in [0.3, 0.4) is 0 Å². The van der Waals surface area contributed by atoms with Crippen LogP contribution in [0.15, 0.2) is 53.8 Å². The number of aryl methyl sites for hydroxylation is 1. The molecule has 2 aromatic carbocycles. The molecule has 0 spiro atoms. The molecule has 0 aliphatic rings. The maximum Gasteiger partial charge on any atom is 0.221 e. The summed E-state index contributed by atoms with van der Waals surface area (Å²) in [6, 6.07) is 13.3. The first-order chi connectivity index (χ1) is 12.0. The van der Waals surface area contributed by atoms with Crippen LogP contribution in [0.1, 0.15) is 16.8 Å². The van der Waals surface area contributed by atoms with E-state index in [2.05, 4.69) is 10.1 Å². The van der Waals surface area contributed by atoms with Crippen molar-refractivity contribution in [2.24, 2.45) is 5.10 Å². The van der Waals surface area contributed by atoms with Crippen molar-refractivity contribution in [2.45, 2.75) is 13.5 Å². The Bertz CT molecular complexity index is 884. The topological polar surface area (TPSA) is 65.4 Å². The van der Waals surface area contributed by atoms with Crippen LogP contribution in [0, 0.1) is 6.92 Å². The highest BCUT2D eigenvalue weighted by Crippen LogP contribution is 2.29. The maximum absolute atomic E-state index is 6.32. The van der Waals surface area contributed by atoms with Crippen LogP contribution in [0.5, 0.6) is 5.75 Å². The van der Waals surface area contributed by atoms with Gasteiger partial charge >= 0.3 is 0 Å². The second-order valence-electron chi connectivity index (χ2n) is 5.40. The molecule has 0 atom stereocenters. The fourth-order valence-corrected chi connectivity index (χ4v) is 2.79. The predicted molar refractivity (Wildman–Crippen MR) is 102 cm³/mol. The van der Waals surface area contributed by atoms with Crippen LogP contribution in [0.2, 0.25) is 10.0 Å². The van der Waals surface area contributed by atoms with Gasteiger partial charge in [0.05, 0.1) is 28.2 Å². The summed E-state index contributed by atoms with van der Waals surface area (Å²) in [6.07, 6.45) is 3.26. The second kappa shape index (κ2) is 7.59. The average Bonchev–Trinajstić information content (AvgIpc) is 2.91. The maximum atomic E-state index is 6.32. The van der Waals surface area contributed by atoms with Crippen molar-refractivity contribution in [1.29, 1.82) is 0 Å². The zero-order chi connectivity index (χ0) is 17.8. The van der Waals surface area contributed by atoms with E-state index < -0.39 is 0 Å². The summed E-state index contributed by atoms with van der Waals surface area (Å²) in [5.41, 5.74) is 8.17. The van der Waals surface area contributed by atoms with E-state index in [0.717, 1.165) is 11.3 Å². The third-order valence-corrected chi connectivity index (χ3v) is 4.07. The standard InChI is InChI=1S/C18H16Cl2N4O/c1-12-10-24(18(21)23-12)22-9-15-16(19)7-14(8-17(15)20)25-11-13-5-3-2-4-6-13/h2-10H,11H2,1H3,(H2,21,23). The molecule has 0 unspecified atom stereocenters. The highest BCUT2D eigenvalue weighted by Gasteiger charge is 2.08. The van der Waals surface area contributed by atoms with Crippen molar-refractivity contribution < 1.29 is 4.74 Å². The van der Waals surface area contributed by atoms with E-state index in [1.165, 1.54) is 4.68 Å². The van der Waals surface area contributed by atoms with Gasteiger partial charge in [-0.05, 0) is 24.6 Å². The Morgan fingerprint density at radius 3 is 2.48 bits per heavy atom. The molecule has 0 saturated carbocycles. The highest BCUT2D eigenvalue weighted by molar-refractivity contribution is 6.38. The monoisotopic (exact) mass is 374 g/mol. The van der Waals surface area contributed by atoms with E-state index in [0.29, 0.717) is 33.9 Å². The van der Waals surface area contributed by atoms with Gasteiger partial charge < -0.3 is 10.5 Å². The average molecular weight is 375 g/mol. The van der Waals surface area contributed by atoms with Crippen LogP contribution in [0.25, 0.3) is 0 Å². The molecule has 7 heteroatoms. The van der Waals surface area contributed by atoms with Gasteiger partial charge in [-0.2, -0.15) is 5.10 Å². The van der Waals surface area contributed by atoms with E-state index in [9.17, 15) is 0 Å². The fourth-order valence-electron chi connectivity index (χ4n) is 2.22. The molecule has 0 amide bonds. The van der Waals surface area contributed by atoms with Gasteiger partial charge in [0, 0.05) is 5.56 Å². The first-order valence-corrected chi connectivity index (χ1v) is 8.30. The number of nitrogens with zero attached hydrogens (tertiary/aromatic N) is 3. The smallest absolute Gasteiger partial charge is 0.221 e. The van der Waals surface area contributed by atoms with Gasteiger partial charge in [0.2, 0.25) is 5.95 Å². The van der Waals surface area contributed by atoms with Gasteiger partial charge in [0.1, 0.15) is 12.4 Å². The molecule has 1 aromatic heterocycles. The lowest BCUT2D eigenvalue weighted by Gasteiger charge is -2.09. The number of ether oxygens (including phenoxy) is 1. The summed E-state index contributed by atoms with van der Waals surface area (Å²) in [6.45, 7) is 2.27. The summed E-state index contributed by atoms with van der Waals surface area (Å²) in [5, 5.41) is 5.12. The lowest BCUT2D eigenvalue weighted by Crippen LogP contribution is -1.98. The molecular weight excluding hydrogens is 359 g/mol. The quantitative estimate of drug-likeness (QED) is 0.666. The fraction of sp³-hybridized carbons (Fsp3) is 0.111. The third kappa shape index (κ3) is 4.32. The number of hydrogen-bond acceptors (Lipinski definition) is 4. The Morgan fingerprint density at radius 2 is 1.88 bits per heavy atom. The number of benzene rings is 2. The summed E-state index contributed by atoms with van der Waals surface area (Å²) >= 11 is 12.6. The van der Waals surface area contributed by atoms with Crippen LogP contribution in [-0.4, -0.2) is 15.9 Å². The molecule has 0 fully saturated rings. The van der Waals surface area contributed by atoms with Crippen molar-refractivity contribution in [3.8, 4) is 5.75 Å². The number of aromatic nitrogens is 2. The normalized spacial score (nSPS) is 11.2. The summed E-state index contributed by atoms with van der Waals surface area (Å²) < 4.78 is 7.21. The largest absolute Gasteiger partial charge is 0.489 e. The Kier molecular flexibility index (Phi) is 5.26. The minimum absolute atomic E-state index is 0.295. The van der Waals surface area contributed by atoms with Crippen molar-refractivity contribution in [3.05, 3.63) is 75.5 Å². The molecule has 25 heavy (non-hydrogen) atoms. The zero-order valence-corrected chi connectivity index (χ0v) is 15.0. The number of rotatable bonds is 5. The van der Waals surface area contributed by atoms with Gasteiger partial charge in [0.15, 0.2) is 0 Å². The van der Waals surface area contributed by atoms with Gasteiger partial charge in [-0.15, -0.1) is 0 Å². The Labute approximate surface area is 155 Å². The van der Waals surface area contributed by atoms with Crippen molar-refractivity contribution in [2.75, 3.05) is 5.73 Å². The number of anilines is 1. The highest BCUT2D eigenvalue weighted by atomic mass is 35.5. The Morgan fingerprint density at radius 1 is 1.20 bits per heavy atom.